The molecule has 2 saturated heterocycles. The number of carbonyl (C=O) groups excluding carboxylic acids is 1. The molecule has 1 amide bonds. The first kappa shape index (κ1) is 54.3. The van der Waals surface area contributed by atoms with Crippen LogP contribution in [0.25, 0.3) is 22.3 Å². The summed E-state index contributed by atoms with van der Waals surface area (Å²) in [4.78, 5) is 26.6. The highest BCUT2D eigenvalue weighted by Gasteiger charge is 2.60. The van der Waals surface area contributed by atoms with E-state index in [4.69, 9.17) is 10.1 Å². The number of aliphatic hydroxyl groups is 1. The van der Waals surface area contributed by atoms with Gasteiger partial charge in [0.25, 0.3) is 6.10 Å². The van der Waals surface area contributed by atoms with Crippen molar-refractivity contribution < 1.29 is 67.3 Å². The zero-order valence-electron chi connectivity index (χ0n) is 35.2. The van der Waals surface area contributed by atoms with Crippen molar-refractivity contribution in [3.63, 3.8) is 0 Å². The highest BCUT2D eigenvalue weighted by molar-refractivity contribution is 5.70. The molecule has 2 aromatic heterocycles. The first-order valence-electron chi connectivity index (χ1n) is 19.9. The van der Waals surface area contributed by atoms with Gasteiger partial charge in [-0.3, -0.25) is 19.8 Å². The van der Waals surface area contributed by atoms with E-state index in [1.807, 2.05) is 55.1 Å². The number of hydrogen-bond donors (Lipinski definition) is 2. The number of hydrogen-bond acceptors (Lipinski definition) is 8. The molecule has 6 rings (SSSR count). The average Bonchev–Trinajstić information content (AvgIpc) is 3.20. The lowest BCUT2D eigenvalue weighted by molar-refractivity contribution is -0.309. The van der Waals surface area contributed by atoms with Gasteiger partial charge in [0.15, 0.2) is 0 Å². The van der Waals surface area contributed by atoms with Crippen molar-refractivity contribution in [2.24, 2.45) is 0 Å². The first-order valence-corrected chi connectivity index (χ1v) is 19.9. The zero-order valence-corrected chi connectivity index (χ0v) is 35.2. The molecule has 4 heterocycles. The Hall–Kier alpha value is -4.99. The lowest BCUT2D eigenvalue weighted by atomic mass is 9.99. The van der Waals surface area contributed by atoms with Crippen molar-refractivity contribution in [1.29, 1.82) is 0 Å². The Morgan fingerprint density at radius 3 is 1.31 bits per heavy atom. The van der Waals surface area contributed by atoms with Gasteiger partial charge in [0.2, 0.25) is 6.10 Å². The van der Waals surface area contributed by atoms with Gasteiger partial charge in [-0.15, -0.1) is 0 Å². The number of aliphatic hydroxyl groups excluding tert-OH is 1. The lowest BCUT2D eigenvalue weighted by Crippen LogP contribution is -2.52. The molecule has 2 fully saturated rings. The van der Waals surface area contributed by atoms with E-state index >= 15 is 0 Å². The van der Waals surface area contributed by atoms with E-state index in [0.29, 0.717) is 6.54 Å². The number of benzene rings is 2. The molecule has 2 aliphatic heterocycles. The molecular formula is C44H52F12N6O3. The van der Waals surface area contributed by atoms with Crippen molar-refractivity contribution >= 4 is 6.09 Å². The number of amides is 1. The number of nitrogens with one attached hydrogen (secondary N) is 1. The molecule has 4 aromatic rings. The van der Waals surface area contributed by atoms with Crippen molar-refractivity contribution in [1.82, 2.24) is 30.0 Å². The number of halogens is 12. The van der Waals surface area contributed by atoms with Gasteiger partial charge in [-0.2, -0.15) is 52.7 Å². The Bertz CT molecular complexity index is 2100. The van der Waals surface area contributed by atoms with Gasteiger partial charge in [0, 0.05) is 88.0 Å². The number of pyridine rings is 2. The van der Waals surface area contributed by atoms with Crippen LogP contribution in [0.15, 0.2) is 72.8 Å². The molecule has 2 aromatic carbocycles. The number of aromatic nitrogens is 2. The van der Waals surface area contributed by atoms with E-state index in [2.05, 4.69) is 70.2 Å². The third-order valence-electron chi connectivity index (χ3n) is 10.2. The number of nitrogens with zero attached hydrogens (tertiary/aromatic N) is 5. The molecule has 0 bridgehead atoms. The van der Waals surface area contributed by atoms with Crippen molar-refractivity contribution in [3.8, 4) is 22.3 Å². The summed E-state index contributed by atoms with van der Waals surface area (Å²) < 4.78 is 145. The van der Waals surface area contributed by atoms with E-state index in [9.17, 15) is 57.5 Å². The highest BCUT2D eigenvalue weighted by atomic mass is 19.4. The molecule has 0 atom stereocenters. The van der Waals surface area contributed by atoms with Crippen LogP contribution >= 0.6 is 0 Å². The first-order chi connectivity index (χ1) is 29.8. The SMILES string of the molecule is C.Cc1ccccc1-c1ccc(CN2CCN(C(=O)OC(C(F)(F)F)C(F)(F)F)CC2)nc1C.Cc1ccccc1-c1ccc(CN2CCNCC2)nc1C.OC(C(F)(F)F)C(F)(F)F. The number of alkyl halides is 12. The van der Waals surface area contributed by atoms with E-state index in [1.165, 1.54) is 22.4 Å². The van der Waals surface area contributed by atoms with Crippen LogP contribution in [0.2, 0.25) is 0 Å². The van der Waals surface area contributed by atoms with Gasteiger partial charge in [-0.05, 0) is 62.1 Å². The van der Waals surface area contributed by atoms with Crippen LogP contribution in [0.4, 0.5) is 57.5 Å². The summed E-state index contributed by atoms with van der Waals surface area (Å²) in [6.07, 6.45) is -32.7. The largest absolute Gasteiger partial charge is 0.434 e. The number of aryl methyl sites for hydroxylation is 4. The predicted octanol–water partition coefficient (Wildman–Crippen LogP) is 9.99. The summed E-state index contributed by atoms with van der Waals surface area (Å²) in [5.41, 5.74) is 11.0. The number of ether oxygens (including phenoxy) is 1. The molecular weight excluding hydrogens is 888 g/mol. The van der Waals surface area contributed by atoms with Crippen molar-refractivity contribution in [2.45, 2.75) is 85.1 Å². The zero-order chi connectivity index (χ0) is 47.6. The Morgan fingerprint density at radius 2 is 0.969 bits per heavy atom. The average molecular weight is 941 g/mol. The number of piperazine rings is 2. The Labute approximate surface area is 369 Å². The number of carbonyl (C=O) groups is 1. The minimum atomic E-state index is -5.73. The van der Waals surface area contributed by atoms with Crippen LogP contribution in [0, 0.1) is 27.7 Å². The van der Waals surface area contributed by atoms with Crippen LogP contribution < -0.4 is 5.32 Å². The second-order valence-corrected chi connectivity index (χ2v) is 15.1. The fraction of sp³-hybridized carbons (Fsp3) is 0.477. The summed E-state index contributed by atoms with van der Waals surface area (Å²) in [6, 6.07) is 24.7. The smallest absolute Gasteiger partial charge is 0.426 e. The Morgan fingerprint density at radius 1 is 0.585 bits per heavy atom. The second-order valence-electron chi connectivity index (χ2n) is 15.1. The van der Waals surface area contributed by atoms with Crippen LogP contribution in [0.5, 0.6) is 0 Å². The maximum Gasteiger partial charge on any atom is 0.434 e. The standard InChI is InChI=1S/C22H23F6N3O2.C18H23N3.C3H2F6O.CH4/c1-14-5-3-4-6-17(14)18-8-7-16(29-15(18)2)13-30-9-11-31(12-10-30)20(32)33-19(21(23,24)25)22(26,27)28;1-14-5-3-4-6-17(14)18-8-7-16(20-15(18)2)13-21-11-9-19-10-12-21;4-2(5,6)1(10)3(7,8)9;/h3-8,19H,9-13H2,1-2H3;3-8,19H,9-13H2,1-2H3;1,10H;1H4. The van der Waals surface area contributed by atoms with Crippen LogP contribution in [0.1, 0.15) is 41.3 Å². The maximum atomic E-state index is 12.6. The fourth-order valence-corrected chi connectivity index (χ4v) is 6.82. The molecule has 0 spiro atoms. The molecule has 0 radical (unpaired) electrons. The number of rotatable bonds is 7. The van der Waals surface area contributed by atoms with E-state index in [0.717, 1.165) is 71.4 Å². The van der Waals surface area contributed by atoms with Gasteiger partial charge in [0.05, 0.1) is 11.4 Å². The molecule has 65 heavy (non-hydrogen) atoms. The van der Waals surface area contributed by atoms with Gasteiger partial charge >= 0.3 is 30.8 Å². The Balaban J connectivity index is 0.000000298. The van der Waals surface area contributed by atoms with E-state index in [-0.39, 0.29) is 33.6 Å². The van der Waals surface area contributed by atoms with Gasteiger partial charge in [-0.1, -0.05) is 68.1 Å². The monoisotopic (exact) mass is 940 g/mol. The molecule has 2 aliphatic rings. The van der Waals surface area contributed by atoms with Gasteiger partial charge < -0.3 is 20.1 Å². The minimum Gasteiger partial charge on any atom is -0.426 e. The van der Waals surface area contributed by atoms with Crippen molar-refractivity contribution in [2.75, 3.05) is 52.4 Å². The minimum absolute atomic E-state index is 0. The van der Waals surface area contributed by atoms with Crippen molar-refractivity contribution in [3.05, 3.63) is 107 Å². The van der Waals surface area contributed by atoms with E-state index in [1.54, 1.807) is 0 Å². The topological polar surface area (TPSA) is 94.1 Å². The fourth-order valence-electron chi connectivity index (χ4n) is 6.82. The van der Waals surface area contributed by atoms with Crippen LogP contribution in [0.3, 0.4) is 0 Å². The van der Waals surface area contributed by atoms with E-state index < -0.39 is 43.0 Å². The molecule has 9 nitrogen and oxygen atoms in total. The van der Waals surface area contributed by atoms with Gasteiger partial charge in [-0.25, -0.2) is 4.79 Å². The molecule has 2 N–H and O–H groups in total. The summed E-state index contributed by atoms with van der Waals surface area (Å²) in [7, 11) is 0. The molecule has 0 aliphatic carbocycles. The summed E-state index contributed by atoms with van der Waals surface area (Å²) in [5.74, 6) is 0. The predicted molar refractivity (Wildman–Crippen MR) is 221 cm³/mol. The molecule has 0 saturated carbocycles. The molecule has 360 valence electrons. The Kier molecular flexibility index (Phi) is 19.2. The molecule has 0 unspecified atom stereocenters. The second kappa shape index (κ2) is 23.0. The quantitative estimate of drug-likeness (QED) is 0.177. The third-order valence-corrected chi connectivity index (χ3v) is 10.2. The summed E-state index contributed by atoms with van der Waals surface area (Å²) >= 11 is 0. The molecule has 21 heteroatoms. The normalized spacial score (nSPS) is 15.4. The lowest BCUT2D eigenvalue weighted by Gasteiger charge is -2.35. The van der Waals surface area contributed by atoms with Crippen LogP contribution in [-0.4, -0.2) is 125 Å². The third kappa shape index (κ3) is 16.1. The van der Waals surface area contributed by atoms with Gasteiger partial charge in [0.1, 0.15) is 0 Å². The highest BCUT2D eigenvalue weighted by Crippen LogP contribution is 2.36. The summed E-state index contributed by atoms with van der Waals surface area (Å²) in [6.45, 7) is 14.4. The maximum absolute atomic E-state index is 12.6. The summed E-state index contributed by atoms with van der Waals surface area (Å²) in [5, 5.41) is 10.9. The van der Waals surface area contributed by atoms with Crippen LogP contribution in [-0.2, 0) is 17.8 Å².